The van der Waals surface area contributed by atoms with Crippen molar-refractivity contribution in [3.8, 4) is 0 Å². The van der Waals surface area contributed by atoms with Crippen molar-refractivity contribution in [1.29, 1.82) is 0 Å². The molecule has 1 aliphatic heterocycles. The molecule has 1 saturated heterocycles. The van der Waals surface area contributed by atoms with Crippen molar-refractivity contribution < 1.29 is 0 Å². The third-order valence-corrected chi connectivity index (χ3v) is 2.65. The minimum absolute atomic E-state index is 0.439. The highest BCUT2D eigenvalue weighted by atomic mass is 15.5. The number of nitrogens with zero attached hydrogens (tertiary/aromatic N) is 5. The van der Waals surface area contributed by atoms with Gasteiger partial charge in [0.1, 0.15) is 5.82 Å². The van der Waals surface area contributed by atoms with Crippen LogP contribution in [0.25, 0.3) is 0 Å². The summed E-state index contributed by atoms with van der Waals surface area (Å²) in [7, 11) is 0. The molecule has 0 radical (unpaired) electrons. The Balaban J connectivity index is 1.68. The van der Waals surface area contributed by atoms with Crippen LogP contribution in [0.5, 0.6) is 0 Å². The maximum Gasteiger partial charge on any atom is 0.128 e. The van der Waals surface area contributed by atoms with Crippen LogP contribution in [0.15, 0.2) is 36.8 Å². The summed E-state index contributed by atoms with van der Waals surface area (Å²) in [6, 6.07) is 6.40. The van der Waals surface area contributed by atoms with Gasteiger partial charge in [0.05, 0.1) is 12.2 Å². The number of anilines is 1. The van der Waals surface area contributed by atoms with Crippen LogP contribution in [0.3, 0.4) is 0 Å². The van der Waals surface area contributed by atoms with Crippen molar-refractivity contribution in [2.45, 2.75) is 6.04 Å². The van der Waals surface area contributed by atoms with Crippen LogP contribution in [0, 0.1) is 0 Å². The van der Waals surface area contributed by atoms with Crippen molar-refractivity contribution in [2.75, 3.05) is 18.0 Å². The first kappa shape index (κ1) is 8.40. The molecule has 0 aliphatic carbocycles. The van der Waals surface area contributed by atoms with Gasteiger partial charge in [0.25, 0.3) is 0 Å². The average molecular weight is 201 g/mol. The molecule has 2 aromatic rings. The average Bonchev–Trinajstić information content (AvgIpc) is 2.70. The molecule has 0 N–H and O–H groups in total. The van der Waals surface area contributed by atoms with E-state index in [0.717, 1.165) is 18.9 Å². The van der Waals surface area contributed by atoms with Gasteiger partial charge in [-0.15, -0.1) is 5.10 Å². The molecule has 0 bridgehead atoms. The molecule has 1 fully saturated rings. The minimum atomic E-state index is 0.439. The van der Waals surface area contributed by atoms with E-state index in [2.05, 4.69) is 20.2 Å². The topological polar surface area (TPSA) is 46.8 Å². The third kappa shape index (κ3) is 1.45. The molecule has 0 unspecified atom stereocenters. The molecule has 5 heteroatoms. The van der Waals surface area contributed by atoms with Crippen LogP contribution < -0.4 is 4.90 Å². The minimum Gasteiger partial charge on any atom is -0.352 e. The molecular formula is C10H11N5. The number of hydrogen-bond donors (Lipinski definition) is 0. The predicted octanol–water partition coefficient (Wildman–Crippen LogP) is 0.734. The number of rotatable bonds is 2. The molecule has 0 amide bonds. The van der Waals surface area contributed by atoms with Gasteiger partial charge >= 0.3 is 0 Å². The molecule has 0 spiro atoms. The van der Waals surface area contributed by atoms with Gasteiger partial charge in [0.2, 0.25) is 0 Å². The lowest BCUT2D eigenvalue weighted by molar-refractivity contribution is 0.359. The van der Waals surface area contributed by atoms with Crippen LogP contribution in [0.4, 0.5) is 5.82 Å². The van der Waals surface area contributed by atoms with Crippen LogP contribution in [0.1, 0.15) is 6.04 Å². The van der Waals surface area contributed by atoms with Gasteiger partial charge in [-0.3, -0.25) is 0 Å². The van der Waals surface area contributed by atoms with E-state index >= 15 is 0 Å². The van der Waals surface area contributed by atoms with E-state index in [0.29, 0.717) is 6.04 Å². The summed E-state index contributed by atoms with van der Waals surface area (Å²) in [5, 5.41) is 7.79. The molecule has 76 valence electrons. The first-order valence-corrected chi connectivity index (χ1v) is 4.95. The summed E-state index contributed by atoms with van der Waals surface area (Å²) < 4.78 is 1.90. The van der Waals surface area contributed by atoms with Gasteiger partial charge in [-0.05, 0) is 12.1 Å². The van der Waals surface area contributed by atoms with Gasteiger partial charge in [-0.1, -0.05) is 11.3 Å². The van der Waals surface area contributed by atoms with E-state index in [-0.39, 0.29) is 0 Å². The van der Waals surface area contributed by atoms with Crippen LogP contribution >= 0.6 is 0 Å². The lowest BCUT2D eigenvalue weighted by atomic mass is 10.1. The standard InChI is InChI=1S/C10H11N5/c1-2-4-11-10(3-1)14-7-9(8-14)15-6-5-12-13-15/h1-6,9H,7-8H2. The monoisotopic (exact) mass is 201 g/mol. The van der Waals surface area contributed by atoms with E-state index in [1.54, 1.807) is 6.20 Å². The molecular weight excluding hydrogens is 190 g/mol. The van der Waals surface area contributed by atoms with Gasteiger partial charge in [0.15, 0.2) is 0 Å². The van der Waals surface area contributed by atoms with Crippen molar-refractivity contribution in [3.63, 3.8) is 0 Å². The fourth-order valence-corrected chi connectivity index (χ4v) is 1.76. The number of hydrogen-bond acceptors (Lipinski definition) is 4. The summed E-state index contributed by atoms with van der Waals surface area (Å²) in [6.45, 7) is 1.92. The summed E-state index contributed by atoms with van der Waals surface area (Å²) in [4.78, 5) is 6.53. The third-order valence-electron chi connectivity index (χ3n) is 2.65. The Morgan fingerprint density at radius 2 is 2.13 bits per heavy atom. The highest BCUT2D eigenvalue weighted by molar-refractivity contribution is 5.41. The highest BCUT2D eigenvalue weighted by Crippen LogP contribution is 2.24. The smallest absolute Gasteiger partial charge is 0.128 e. The van der Waals surface area contributed by atoms with Crippen molar-refractivity contribution in [2.24, 2.45) is 0 Å². The van der Waals surface area contributed by atoms with Crippen molar-refractivity contribution in [3.05, 3.63) is 36.8 Å². The summed E-state index contributed by atoms with van der Waals surface area (Å²) in [5.41, 5.74) is 0. The second kappa shape index (κ2) is 3.34. The molecule has 15 heavy (non-hydrogen) atoms. The molecule has 2 aromatic heterocycles. The molecule has 3 rings (SSSR count). The van der Waals surface area contributed by atoms with Gasteiger partial charge in [-0.2, -0.15) is 0 Å². The van der Waals surface area contributed by atoms with E-state index < -0.39 is 0 Å². The zero-order valence-electron chi connectivity index (χ0n) is 8.19. The van der Waals surface area contributed by atoms with Crippen LogP contribution in [-0.2, 0) is 0 Å². The van der Waals surface area contributed by atoms with E-state index in [1.165, 1.54) is 0 Å². The fourth-order valence-electron chi connectivity index (χ4n) is 1.76. The SMILES string of the molecule is c1ccc(N2CC(n3ccnn3)C2)nc1. The Hall–Kier alpha value is -1.91. The summed E-state index contributed by atoms with van der Waals surface area (Å²) in [6.07, 6.45) is 5.43. The lowest BCUT2D eigenvalue weighted by Crippen LogP contribution is -2.48. The Morgan fingerprint density at radius 1 is 1.20 bits per heavy atom. The van der Waals surface area contributed by atoms with Gasteiger partial charge in [-0.25, -0.2) is 9.67 Å². The number of aromatic nitrogens is 4. The fraction of sp³-hybridized carbons (Fsp3) is 0.300. The summed E-state index contributed by atoms with van der Waals surface area (Å²) in [5.74, 6) is 1.04. The van der Waals surface area contributed by atoms with Crippen molar-refractivity contribution in [1.82, 2.24) is 20.0 Å². The van der Waals surface area contributed by atoms with E-state index in [1.807, 2.05) is 35.3 Å². The maximum absolute atomic E-state index is 4.30. The predicted molar refractivity (Wildman–Crippen MR) is 55.5 cm³/mol. The molecule has 0 aromatic carbocycles. The van der Waals surface area contributed by atoms with Crippen LogP contribution in [0.2, 0.25) is 0 Å². The second-order valence-corrected chi connectivity index (χ2v) is 3.63. The quantitative estimate of drug-likeness (QED) is 0.718. The van der Waals surface area contributed by atoms with Gasteiger partial charge < -0.3 is 4.90 Å². The second-order valence-electron chi connectivity index (χ2n) is 3.63. The Kier molecular flexibility index (Phi) is 1.87. The molecule has 0 saturated carbocycles. The Bertz CT molecular complexity index is 418. The first-order valence-electron chi connectivity index (χ1n) is 4.95. The number of pyridine rings is 1. The largest absolute Gasteiger partial charge is 0.352 e. The maximum atomic E-state index is 4.30. The highest BCUT2D eigenvalue weighted by Gasteiger charge is 2.29. The molecule has 5 nitrogen and oxygen atoms in total. The molecule has 1 aliphatic rings. The lowest BCUT2D eigenvalue weighted by Gasteiger charge is -2.39. The zero-order valence-corrected chi connectivity index (χ0v) is 8.19. The normalized spacial score (nSPS) is 16.4. The van der Waals surface area contributed by atoms with E-state index in [9.17, 15) is 0 Å². The Morgan fingerprint density at radius 3 is 2.80 bits per heavy atom. The van der Waals surface area contributed by atoms with Crippen molar-refractivity contribution >= 4 is 5.82 Å². The molecule has 3 heterocycles. The summed E-state index contributed by atoms with van der Waals surface area (Å²) >= 11 is 0. The van der Waals surface area contributed by atoms with Gasteiger partial charge in [0, 0.05) is 25.5 Å². The Labute approximate surface area is 87.4 Å². The van der Waals surface area contributed by atoms with Crippen LogP contribution in [-0.4, -0.2) is 33.1 Å². The zero-order chi connectivity index (χ0) is 10.1. The van der Waals surface area contributed by atoms with E-state index in [4.69, 9.17) is 0 Å². The molecule has 0 atom stereocenters. The first-order chi connectivity index (χ1) is 7.43.